The molecule has 8 rings (SSSR count). The SMILES string of the molecule is CC(=O)O[C@H]1[C@H](C)[C@H](O)[C@H](C)[C@@H](OC(=O)OCOC(=O)CCC(=O)NC(C=O)C=O)[C@@H](C)/C=C/C=C(/C)C(=O)Nc2c3oc4cc(N5CCN(CC(C)C)CC5)cc(O)c4nc-3c3c4c(c(C)c(O)c3c2=O)O[C@](C)(O/C=C/[C@H](C)[C@H]1C)C4=O. The summed E-state index contributed by atoms with van der Waals surface area (Å²) in [6.07, 6.45) is 1.76. The number of aldehydes is 2. The summed E-state index contributed by atoms with van der Waals surface area (Å²) in [6, 6.07) is 1.82. The monoisotopic (exact) mass is 1170 g/mol. The number of fused-ring (bicyclic) bond motifs is 14. The maximum Gasteiger partial charge on any atom is 0.511 e. The van der Waals surface area contributed by atoms with E-state index in [9.17, 15) is 53.7 Å². The Morgan fingerprint density at radius 3 is 2.23 bits per heavy atom. The Kier molecular flexibility index (Phi) is 19.9. The minimum Gasteiger partial charge on any atom is -0.507 e. The van der Waals surface area contributed by atoms with Crippen LogP contribution in [0.5, 0.6) is 17.2 Å². The van der Waals surface area contributed by atoms with Crippen molar-refractivity contribution in [3.63, 3.8) is 0 Å². The molecule has 2 amide bonds. The molecule has 24 heteroatoms. The van der Waals surface area contributed by atoms with Gasteiger partial charge in [0.2, 0.25) is 18.1 Å². The second-order valence-electron chi connectivity index (χ2n) is 22.4. The fourth-order valence-electron chi connectivity index (χ4n) is 10.8. The van der Waals surface area contributed by atoms with Crippen molar-refractivity contribution in [2.24, 2.45) is 35.5 Å². The van der Waals surface area contributed by atoms with Crippen LogP contribution >= 0.6 is 0 Å². The molecule has 0 aromatic heterocycles. The third kappa shape index (κ3) is 13.7. The fourth-order valence-corrected chi connectivity index (χ4v) is 10.8. The van der Waals surface area contributed by atoms with Crippen molar-refractivity contribution in [3.8, 4) is 28.7 Å². The first-order valence-corrected chi connectivity index (χ1v) is 27.8. The molecular weight excluding hydrogens is 1090 g/mol. The minimum absolute atomic E-state index is 0.00928. The first-order chi connectivity index (χ1) is 39.7. The van der Waals surface area contributed by atoms with Crippen LogP contribution in [0, 0.1) is 42.4 Å². The smallest absolute Gasteiger partial charge is 0.507 e. The standard InChI is InChI=1S/C60H73N5O19/c1-29(2)25-64-18-20-65(21-19-64)39-23-40(69)47-41(24-39)82-56-48(62-47)44-45-51(73)36(9)55-46(44)57(75)60(11,84-55)80-22-17-30(3)33(6)54(81-37(10)68)35(8)50(72)34(7)53(31(4)13-12-14-32(5)58(76)63-49(56)52(45)74)83-59(77)79-28-78-43(71)16-15-42(70)61-38(26-66)27-67/h12-14,17,22-24,26-27,29-31,33-35,38,50,53-54,69,72-73H,15-16,18-21,25,28H2,1-11H3,(H,61,70)(H,63,76)/b13-12+,22-17+,32-14-/t30-,31-,33+,34-,35+,50+,53-,54+,60-/m0/s1. The Morgan fingerprint density at radius 2 is 1.57 bits per heavy atom. The van der Waals surface area contributed by atoms with Gasteiger partial charge >= 0.3 is 23.9 Å². The lowest BCUT2D eigenvalue weighted by Gasteiger charge is -2.38. The number of aromatic hydroxyl groups is 2. The van der Waals surface area contributed by atoms with Crippen LogP contribution in [0.1, 0.15) is 98.0 Å². The number of nitrogens with one attached hydrogen (secondary N) is 2. The van der Waals surface area contributed by atoms with E-state index in [1.807, 2.05) is 0 Å². The molecule has 5 bridgehead atoms. The summed E-state index contributed by atoms with van der Waals surface area (Å²) in [4.78, 5) is 126. The average molecular weight is 1170 g/mol. The van der Waals surface area contributed by atoms with Crippen molar-refractivity contribution in [3.05, 3.63) is 69.6 Å². The van der Waals surface area contributed by atoms with E-state index in [0.717, 1.165) is 19.6 Å². The van der Waals surface area contributed by atoms with Crippen LogP contribution in [0.15, 0.2) is 57.5 Å². The molecule has 452 valence electrons. The van der Waals surface area contributed by atoms with Gasteiger partial charge in [-0.2, -0.15) is 0 Å². The number of Topliss-reactive ketones (excluding diaryl/α,β-unsaturated/α-hetero) is 1. The molecule has 2 aromatic rings. The molecule has 1 saturated heterocycles. The first-order valence-electron chi connectivity index (χ1n) is 27.8. The van der Waals surface area contributed by atoms with E-state index in [4.69, 9.17) is 37.8 Å². The second-order valence-corrected chi connectivity index (χ2v) is 22.4. The normalized spacial score (nSPS) is 25.8. The van der Waals surface area contributed by atoms with Crippen LogP contribution in [0.25, 0.3) is 33.3 Å². The predicted octanol–water partition coefficient (Wildman–Crippen LogP) is 6.38. The maximum atomic E-state index is 15.1. The molecule has 6 aliphatic rings. The van der Waals surface area contributed by atoms with Crippen LogP contribution in [-0.4, -0.2) is 143 Å². The zero-order valence-electron chi connectivity index (χ0n) is 48.8. The summed E-state index contributed by atoms with van der Waals surface area (Å²) >= 11 is 0. The molecule has 0 saturated carbocycles. The highest BCUT2D eigenvalue weighted by atomic mass is 16.8. The van der Waals surface area contributed by atoms with Gasteiger partial charge in [-0.1, -0.05) is 66.7 Å². The maximum absolute atomic E-state index is 15.1. The van der Waals surface area contributed by atoms with E-state index in [1.54, 1.807) is 58.9 Å². The number of rotatable bonds is 13. The number of aliphatic hydroxyl groups is 1. The van der Waals surface area contributed by atoms with E-state index < -0.39 is 137 Å². The number of hydrogen-bond donors (Lipinski definition) is 5. The number of carbonyl (C=O) groups is 8. The lowest BCUT2D eigenvalue weighted by molar-refractivity contribution is -0.159. The van der Waals surface area contributed by atoms with Gasteiger partial charge in [-0.25, -0.2) is 9.78 Å². The molecule has 84 heavy (non-hydrogen) atoms. The number of aromatic nitrogens is 1. The van der Waals surface area contributed by atoms with Crippen LogP contribution in [0.2, 0.25) is 0 Å². The molecule has 0 radical (unpaired) electrons. The van der Waals surface area contributed by atoms with Gasteiger partial charge in [0.25, 0.3) is 11.7 Å². The lowest BCUT2D eigenvalue weighted by atomic mass is 9.77. The Morgan fingerprint density at radius 1 is 0.893 bits per heavy atom. The number of ketones is 1. The largest absolute Gasteiger partial charge is 0.511 e. The van der Waals surface area contributed by atoms with Crippen molar-refractivity contribution >= 4 is 81.5 Å². The summed E-state index contributed by atoms with van der Waals surface area (Å²) in [6.45, 7) is 20.9. The van der Waals surface area contributed by atoms with Gasteiger partial charge in [0, 0.05) is 105 Å². The number of allylic oxidation sites excluding steroid dienone is 3. The number of piperazine rings is 1. The number of carbonyl (C=O) groups excluding carboxylic acids is 8. The van der Waals surface area contributed by atoms with Crippen LogP contribution in [-0.2, 0) is 52.5 Å². The summed E-state index contributed by atoms with van der Waals surface area (Å²) in [5, 5.41) is 40.0. The van der Waals surface area contributed by atoms with Crippen LogP contribution in [0.4, 0.5) is 16.2 Å². The van der Waals surface area contributed by atoms with Gasteiger partial charge in [0.15, 0.2) is 11.3 Å². The number of phenolic OH excluding ortho intramolecular Hbond substituents is 2. The number of benzene rings is 3. The number of nitrogens with zero attached hydrogens (tertiary/aromatic N) is 3. The van der Waals surface area contributed by atoms with Gasteiger partial charge < -0.3 is 73.3 Å². The van der Waals surface area contributed by atoms with Gasteiger partial charge in [0.05, 0.1) is 29.7 Å². The van der Waals surface area contributed by atoms with E-state index in [2.05, 4.69) is 34.3 Å². The Labute approximate surface area is 484 Å². The highest BCUT2D eigenvalue weighted by Crippen LogP contribution is 2.51. The number of ether oxygens (including phenoxy) is 6. The van der Waals surface area contributed by atoms with E-state index in [-0.39, 0.29) is 68.7 Å². The first kappa shape index (κ1) is 63.2. The number of anilines is 2. The summed E-state index contributed by atoms with van der Waals surface area (Å²) in [7, 11) is 0. The molecule has 9 atom stereocenters. The number of esters is 2. The average Bonchev–Trinajstić information content (AvgIpc) is 1.40. The highest BCUT2D eigenvalue weighted by Gasteiger charge is 2.50. The summed E-state index contributed by atoms with van der Waals surface area (Å²) in [5.41, 5.74) is -1.20. The Hall–Kier alpha value is -8.38. The van der Waals surface area contributed by atoms with Crippen LogP contribution < -0.4 is 25.7 Å². The molecule has 5 aliphatic heterocycles. The van der Waals surface area contributed by atoms with Gasteiger partial charge in [-0.15, -0.1) is 0 Å². The minimum atomic E-state index is -2.12. The van der Waals surface area contributed by atoms with Crippen molar-refractivity contribution in [1.29, 1.82) is 0 Å². The molecular formula is C60H73N5O19. The number of phenols is 2. The van der Waals surface area contributed by atoms with Gasteiger partial charge in [0.1, 0.15) is 65.0 Å². The van der Waals surface area contributed by atoms with Gasteiger partial charge in [-0.05, 0) is 37.7 Å². The van der Waals surface area contributed by atoms with Crippen molar-refractivity contribution in [2.45, 2.75) is 119 Å². The zero-order valence-corrected chi connectivity index (χ0v) is 48.8. The molecule has 2 aromatic carbocycles. The van der Waals surface area contributed by atoms with Crippen molar-refractivity contribution in [2.75, 3.05) is 49.7 Å². The third-order valence-electron chi connectivity index (χ3n) is 15.7. The Bertz CT molecular complexity index is 3330. The summed E-state index contributed by atoms with van der Waals surface area (Å²) in [5.74, 6) is -10.7. The molecule has 1 aliphatic carbocycles. The summed E-state index contributed by atoms with van der Waals surface area (Å²) < 4.78 is 40.6. The van der Waals surface area contributed by atoms with Crippen molar-refractivity contribution < 1.29 is 86.5 Å². The Balaban J connectivity index is 1.30. The fraction of sp³-hybridized carbons (Fsp3) is 0.500. The number of hydrogen-bond acceptors (Lipinski definition) is 22. The lowest BCUT2D eigenvalue weighted by Crippen LogP contribution is -2.47. The molecule has 1 fully saturated rings. The number of aliphatic hydroxyl groups excluding tert-OH is 1. The molecule has 0 unspecified atom stereocenters. The second kappa shape index (κ2) is 26.5. The predicted molar refractivity (Wildman–Crippen MR) is 304 cm³/mol. The van der Waals surface area contributed by atoms with Gasteiger partial charge in [-0.3, -0.25) is 33.7 Å². The van der Waals surface area contributed by atoms with E-state index in [1.165, 1.54) is 46.1 Å². The molecule has 0 spiro atoms. The molecule has 5 heterocycles. The molecule has 5 N–H and O–H groups in total. The van der Waals surface area contributed by atoms with E-state index >= 15 is 4.79 Å². The van der Waals surface area contributed by atoms with Crippen molar-refractivity contribution in [1.82, 2.24) is 15.2 Å². The van der Waals surface area contributed by atoms with E-state index in [0.29, 0.717) is 24.7 Å². The zero-order chi connectivity index (χ0) is 61.6. The third-order valence-corrected chi connectivity index (χ3v) is 15.7. The highest BCUT2D eigenvalue weighted by molar-refractivity contribution is 6.22. The van der Waals surface area contributed by atoms with Crippen LogP contribution in [0.3, 0.4) is 0 Å². The number of amides is 2. The molecule has 24 nitrogen and oxygen atoms in total. The quantitative estimate of drug-likeness (QED) is 0.0184. The topological polar surface area (TPSA) is 326 Å².